The number of likely N-dealkylation sites (N-methyl/N-ethyl adjacent to an activating group) is 1. The lowest BCUT2D eigenvalue weighted by atomic mass is 9.88. The van der Waals surface area contributed by atoms with Crippen molar-refractivity contribution < 1.29 is 33.4 Å². The van der Waals surface area contributed by atoms with Crippen LogP contribution in [0.5, 0.6) is 0 Å². The van der Waals surface area contributed by atoms with Crippen molar-refractivity contribution in [1.82, 2.24) is 25.6 Å². The number of esters is 1. The highest BCUT2D eigenvalue weighted by molar-refractivity contribution is 5.92. The van der Waals surface area contributed by atoms with Gasteiger partial charge in [-0.25, -0.2) is 5.43 Å². The van der Waals surface area contributed by atoms with E-state index in [2.05, 4.69) is 10.7 Å². The van der Waals surface area contributed by atoms with Gasteiger partial charge >= 0.3 is 5.97 Å². The van der Waals surface area contributed by atoms with Gasteiger partial charge in [-0.3, -0.25) is 29.2 Å². The molecule has 5 bridgehead atoms. The summed E-state index contributed by atoms with van der Waals surface area (Å²) in [6.07, 6.45) is 3.53. The van der Waals surface area contributed by atoms with Gasteiger partial charge in [0.1, 0.15) is 17.5 Å². The molecule has 2 fully saturated rings. The third-order valence-corrected chi connectivity index (χ3v) is 8.77. The molecule has 1 aromatic carbocycles. The van der Waals surface area contributed by atoms with Crippen molar-refractivity contribution in [2.45, 2.75) is 64.8 Å². The number of carbonyl (C=O) groups is 4. The molecule has 1 aromatic heterocycles. The van der Waals surface area contributed by atoms with Gasteiger partial charge in [0.2, 0.25) is 5.91 Å². The molecule has 1 spiro atoms. The maximum Gasteiger partial charge on any atom is 0.321 e. The first kappa shape index (κ1) is 32.5. The average molecular weight is 622 g/mol. The first-order chi connectivity index (χ1) is 21.5. The maximum absolute atomic E-state index is 14.0. The number of benzene rings is 1. The van der Waals surface area contributed by atoms with Gasteiger partial charge in [0, 0.05) is 19.0 Å². The van der Waals surface area contributed by atoms with Gasteiger partial charge in [-0.15, -0.1) is 0 Å². The van der Waals surface area contributed by atoms with Crippen LogP contribution in [0.4, 0.5) is 0 Å². The predicted octanol–water partition coefficient (Wildman–Crippen LogP) is 2.38. The van der Waals surface area contributed by atoms with Crippen LogP contribution >= 0.6 is 0 Å². The van der Waals surface area contributed by atoms with E-state index >= 15 is 0 Å². The number of rotatable bonds is 1. The molecule has 0 radical (unpaired) electrons. The molecule has 12 nitrogen and oxygen atoms in total. The van der Waals surface area contributed by atoms with Gasteiger partial charge in [0.15, 0.2) is 6.10 Å². The van der Waals surface area contributed by atoms with Crippen LogP contribution in [0.15, 0.2) is 36.4 Å². The van der Waals surface area contributed by atoms with Crippen LogP contribution in [0, 0.1) is 11.3 Å². The molecule has 242 valence electrons. The molecule has 4 atom stereocenters. The first-order valence-corrected chi connectivity index (χ1v) is 15.6. The zero-order valence-corrected chi connectivity index (χ0v) is 26.6. The summed E-state index contributed by atoms with van der Waals surface area (Å²) in [7, 11) is 1.52. The number of cyclic esters (lactones) is 1. The molecule has 0 saturated carbocycles. The molecule has 0 unspecified atom stereocenters. The second kappa shape index (κ2) is 13.6. The van der Waals surface area contributed by atoms with Gasteiger partial charge in [-0.05, 0) is 50.3 Å². The van der Waals surface area contributed by atoms with E-state index in [0.717, 1.165) is 16.5 Å². The molecule has 5 rings (SSSR count). The Labute approximate surface area is 263 Å². The van der Waals surface area contributed by atoms with E-state index in [1.807, 2.05) is 37.3 Å². The van der Waals surface area contributed by atoms with Crippen LogP contribution in [-0.4, -0.2) is 96.8 Å². The highest BCUT2D eigenvalue weighted by atomic mass is 16.6. The Morgan fingerprint density at radius 3 is 2.42 bits per heavy atom. The van der Waals surface area contributed by atoms with Crippen molar-refractivity contribution in [1.29, 1.82) is 0 Å². The standard InChI is InChI=1S/C33H43N5O7/c1-20(2)28-31(41)37(5)22(4)30(40)38-14-6-7-26(36-38)29(39)34-21(3)25-11-10-24-9-8-23(17-27(24)35-25)12-13-33(32(42)45-28)18-43-15-16-44-19-33/h8-13,17,20-22,26,28,36H,6-7,14-16,18-19H2,1-5H3,(H,34,39)/b13-12-/t21-,22+,26+,28+/m1/s1. The summed E-state index contributed by atoms with van der Waals surface area (Å²) in [4.78, 5) is 60.7. The summed E-state index contributed by atoms with van der Waals surface area (Å²) < 4.78 is 17.5. The quantitative estimate of drug-likeness (QED) is 0.460. The summed E-state index contributed by atoms with van der Waals surface area (Å²) in [6.45, 7) is 8.11. The van der Waals surface area contributed by atoms with E-state index in [4.69, 9.17) is 19.2 Å². The minimum absolute atomic E-state index is 0.0149. The number of amides is 3. The Kier molecular flexibility index (Phi) is 9.85. The van der Waals surface area contributed by atoms with E-state index < -0.39 is 41.5 Å². The van der Waals surface area contributed by atoms with Crippen molar-refractivity contribution in [3.05, 3.63) is 47.7 Å². The smallest absolute Gasteiger partial charge is 0.321 e. The third kappa shape index (κ3) is 7.03. The monoisotopic (exact) mass is 621 g/mol. The molecule has 0 aliphatic carbocycles. The number of nitrogens with zero attached hydrogens (tertiary/aromatic N) is 3. The van der Waals surface area contributed by atoms with Gasteiger partial charge in [0.05, 0.1) is 43.7 Å². The summed E-state index contributed by atoms with van der Waals surface area (Å²) in [5.74, 6) is -2.15. The fraction of sp³-hybridized carbons (Fsp3) is 0.545. The normalized spacial score (nSPS) is 27.8. The molecule has 2 N–H and O–H groups in total. The average Bonchev–Trinajstić information content (AvgIpc) is 3.30. The number of hydrogen-bond acceptors (Lipinski definition) is 9. The van der Waals surface area contributed by atoms with Crippen LogP contribution in [0.1, 0.15) is 57.8 Å². The topological polar surface area (TPSA) is 139 Å². The van der Waals surface area contributed by atoms with E-state index in [9.17, 15) is 19.2 Å². The SMILES string of the molecule is CC(C)[C@@H]1OC(=O)C2(/C=C\c3ccc4ccc(nc4c3)[C@@H](C)NC(=O)[C@@H]3CCCN(N3)C(=O)[C@H](C)N(C)C1=O)COCCOC2. The molecular weight excluding hydrogens is 578 g/mol. The lowest BCUT2D eigenvalue weighted by Gasteiger charge is -2.37. The van der Waals surface area contributed by atoms with Gasteiger partial charge in [0.25, 0.3) is 11.8 Å². The zero-order chi connectivity index (χ0) is 32.3. The second-order valence-corrected chi connectivity index (χ2v) is 12.5. The molecular formula is C33H43N5O7. The van der Waals surface area contributed by atoms with E-state index in [0.29, 0.717) is 38.3 Å². The molecule has 12 heteroatoms. The summed E-state index contributed by atoms with van der Waals surface area (Å²) >= 11 is 0. The summed E-state index contributed by atoms with van der Waals surface area (Å²) in [5.41, 5.74) is 3.96. The largest absolute Gasteiger partial charge is 0.451 e. The number of hydrogen-bond donors (Lipinski definition) is 2. The lowest BCUT2D eigenvalue weighted by molar-refractivity contribution is -0.174. The van der Waals surface area contributed by atoms with Crippen molar-refractivity contribution in [2.75, 3.05) is 40.0 Å². The number of aromatic nitrogens is 1. The highest BCUT2D eigenvalue weighted by Gasteiger charge is 2.44. The molecule has 4 heterocycles. The lowest BCUT2D eigenvalue weighted by Crippen LogP contribution is -2.61. The Morgan fingerprint density at radius 2 is 1.71 bits per heavy atom. The molecule has 3 aliphatic heterocycles. The Morgan fingerprint density at radius 1 is 1.00 bits per heavy atom. The number of nitrogens with one attached hydrogen (secondary N) is 2. The first-order valence-electron chi connectivity index (χ1n) is 15.6. The van der Waals surface area contributed by atoms with E-state index in [1.54, 1.807) is 32.9 Å². The molecule has 2 saturated heterocycles. The number of pyridine rings is 1. The van der Waals surface area contributed by atoms with Crippen molar-refractivity contribution in [3.63, 3.8) is 0 Å². The second-order valence-electron chi connectivity index (χ2n) is 12.5. The maximum atomic E-state index is 14.0. The number of hydrazine groups is 1. The number of fused-ring (bicyclic) bond motifs is 4. The van der Waals surface area contributed by atoms with E-state index in [1.165, 1.54) is 17.0 Å². The van der Waals surface area contributed by atoms with Gasteiger partial charge in [-0.2, -0.15) is 0 Å². The Balaban J connectivity index is 1.56. The Bertz CT molecular complexity index is 1470. The predicted molar refractivity (Wildman–Crippen MR) is 166 cm³/mol. The van der Waals surface area contributed by atoms with Crippen LogP contribution in [0.3, 0.4) is 0 Å². The fourth-order valence-corrected chi connectivity index (χ4v) is 5.71. The van der Waals surface area contributed by atoms with E-state index in [-0.39, 0.29) is 30.9 Å². The fourth-order valence-electron chi connectivity index (χ4n) is 5.71. The highest BCUT2D eigenvalue weighted by Crippen LogP contribution is 2.29. The zero-order valence-electron chi connectivity index (χ0n) is 26.6. The molecule has 45 heavy (non-hydrogen) atoms. The van der Waals surface area contributed by atoms with Crippen molar-refractivity contribution in [2.24, 2.45) is 11.3 Å². The third-order valence-electron chi connectivity index (χ3n) is 8.77. The van der Waals surface area contributed by atoms with Crippen LogP contribution in [-0.2, 0) is 33.4 Å². The molecule has 3 amide bonds. The Hall–Kier alpha value is -3.87. The number of ether oxygens (including phenoxy) is 3. The molecule has 3 aliphatic rings. The van der Waals surface area contributed by atoms with Gasteiger partial charge < -0.3 is 24.4 Å². The van der Waals surface area contributed by atoms with Gasteiger partial charge in [-0.1, -0.05) is 44.2 Å². The number of carbonyl (C=O) groups excluding carboxylic acids is 4. The van der Waals surface area contributed by atoms with Crippen molar-refractivity contribution in [3.8, 4) is 0 Å². The molecule has 2 aromatic rings. The van der Waals surface area contributed by atoms with Crippen LogP contribution in [0.2, 0.25) is 0 Å². The minimum Gasteiger partial charge on any atom is -0.451 e. The van der Waals surface area contributed by atoms with Crippen molar-refractivity contribution >= 4 is 40.7 Å². The van der Waals surface area contributed by atoms with Crippen LogP contribution < -0.4 is 10.7 Å². The summed E-state index contributed by atoms with van der Waals surface area (Å²) in [5, 5.41) is 5.36. The minimum atomic E-state index is -1.31. The van der Waals surface area contributed by atoms with Crippen LogP contribution in [0.25, 0.3) is 17.0 Å². The summed E-state index contributed by atoms with van der Waals surface area (Å²) in [6, 6.07) is 7.70.